The average Bonchev–Trinajstić information content (AvgIpc) is 2.97. The third kappa shape index (κ3) is 2.90. The van der Waals surface area contributed by atoms with Crippen molar-refractivity contribution in [3.63, 3.8) is 0 Å². The highest BCUT2D eigenvalue weighted by atomic mass is 16.6. The second-order valence-electron chi connectivity index (χ2n) is 4.36. The van der Waals surface area contributed by atoms with E-state index in [0.717, 1.165) is 5.56 Å². The summed E-state index contributed by atoms with van der Waals surface area (Å²) >= 11 is 0. The molecule has 0 saturated heterocycles. The van der Waals surface area contributed by atoms with Crippen molar-refractivity contribution in [1.82, 2.24) is 14.7 Å². The molecule has 19 heavy (non-hydrogen) atoms. The van der Waals surface area contributed by atoms with Crippen molar-refractivity contribution in [2.45, 2.75) is 19.1 Å². The zero-order chi connectivity index (χ0) is 14.0. The van der Waals surface area contributed by atoms with Gasteiger partial charge >= 0.3 is 5.97 Å². The summed E-state index contributed by atoms with van der Waals surface area (Å²) in [6, 6.07) is 0. The topological polar surface area (TPSA) is 97.0 Å². The summed E-state index contributed by atoms with van der Waals surface area (Å²) < 4.78 is 1.64. The molecule has 1 aliphatic rings. The first-order valence-corrected chi connectivity index (χ1v) is 5.66. The van der Waals surface area contributed by atoms with Gasteiger partial charge in [-0.2, -0.15) is 5.10 Å². The predicted molar refractivity (Wildman–Crippen MR) is 64.2 cm³/mol. The van der Waals surface area contributed by atoms with E-state index in [1.807, 2.05) is 0 Å². The average molecular weight is 266 g/mol. The van der Waals surface area contributed by atoms with Crippen molar-refractivity contribution in [1.29, 1.82) is 0 Å². The van der Waals surface area contributed by atoms with Crippen molar-refractivity contribution < 1.29 is 19.5 Å². The van der Waals surface area contributed by atoms with E-state index in [9.17, 15) is 9.59 Å². The summed E-state index contributed by atoms with van der Waals surface area (Å²) in [5.41, 5.74) is 0.754. The van der Waals surface area contributed by atoms with Gasteiger partial charge in [0.25, 0.3) is 5.91 Å². The van der Waals surface area contributed by atoms with E-state index in [1.165, 1.54) is 4.90 Å². The molecule has 2 rings (SSSR count). The molecule has 1 unspecified atom stereocenters. The van der Waals surface area contributed by atoms with Gasteiger partial charge in [0.1, 0.15) is 0 Å². The number of likely N-dealkylation sites (N-methyl/N-ethyl adjacent to an activating group) is 1. The Morgan fingerprint density at radius 2 is 2.37 bits per heavy atom. The number of aromatic nitrogens is 2. The normalized spacial score (nSPS) is 17.8. The summed E-state index contributed by atoms with van der Waals surface area (Å²) in [7, 11) is 3.41. The number of nitrogens with zero attached hydrogens (tertiary/aromatic N) is 4. The lowest BCUT2D eigenvalue weighted by molar-refractivity contribution is -0.141. The molecule has 1 aliphatic heterocycles. The molecular weight excluding hydrogens is 252 g/mol. The quantitative estimate of drug-likeness (QED) is 0.800. The lowest BCUT2D eigenvalue weighted by atomic mass is 10.1. The first-order valence-electron chi connectivity index (χ1n) is 5.66. The van der Waals surface area contributed by atoms with E-state index in [4.69, 9.17) is 9.94 Å². The Kier molecular flexibility index (Phi) is 3.50. The van der Waals surface area contributed by atoms with Gasteiger partial charge in [0.05, 0.1) is 6.20 Å². The molecule has 0 saturated carbocycles. The fourth-order valence-corrected chi connectivity index (χ4v) is 1.79. The minimum absolute atomic E-state index is 0.00839. The SMILES string of the molecule is CN(Cc1cnn(C)c1)C(=O)C1CC(C(=O)O)=NO1. The van der Waals surface area contributed by atoms with Crippen LogP contribution < -0.4 is 0 Å². The molecule has 8 nitrogen and oxygen atoms in total. The summed E-state index contributed by atoms with van der Waals surface area (Å²) in [6.45, 7) is 0.384. The Labute approximate surface area is 109 Å². The molecule has 0 bridgehead atoms. The highest BCUT2D eigenvalue weighted by Gasteiger charge is 2.33. The summed E-state index contributed by atoms with van der Waals surface area (Å²) in [6.07, 6.45) is 2.61. The number of rotatable bonds is 4. The molecule has 0 spiro atoms. The van der Waals surface area contributed by atoms with Crippen LogP contribution in [0.15, 0.2) is 17.5 Å². The zero-order valence-corrected chi connectivity index (χ0v) is 10.6. The Morgan fingerprint density at radius 3 is 2.89 bits per heavy atom. The molecule has 1 aromatic rings. The van der Waals surface area contributed by atoms with Gasteiger partial charge in [-0.05, 0) is 0 Å². The zero-order valence-electron chi connectivity index (χ0n) is 10.6. The Hall–Kier alpha value is -2.38. The van der Waals surface area contributed by atoms with Gasteiger partial charge in [0, 0.05) is 38.8 Å². The lowest BCUT2D eigenvalue weighted by Crippen LogP contribution is -2.36. The maximum absolute atomic E-state index is 12.0. The monoisotopic (exact) mass is 266 g/mol. The van der Waals surface area contributed by atoms with Crippen LogP contribution in [0.1, 0.15) is 12.0 Å². The van der Waals surface area contributed by atoms with Gasteiger partial charge in [-0.1, -0.05) is 5.16 Å². The first-order chi connectivity index (χ1) is 8.97. The van der Waals surface area contributed by atoms with E-state index < -0.39 is 12.1 Å². The third-order valence-corrected chi connectivity index (χ3v) is 2.75. The number of amides is 1. The van der Waals surface area contributed by atoms with Crippen molar-refractivity contribution in [2.24, 2.45) is 12.2 Å². The number of carboxylic acids is 1. The Bertz CT molecular complexity index is 537. The van der Waals surface area contributed by atoms with Gasteiger partial charge in [-0.3, -0.25) is 9.48 Å². The van der Waals surface area contributed by atoms with E-state index in [1.54, 1.807) is 31.2 Å². The number of aliphatic carboxylic acids is 1. The Morgan fingerprint density at radius 1 is 1.63 bits per heavy atom. The van der Waals surface area contributed by atoms with Gasteiger partial charge in [-0.25, -0.2) is 4.79 Å². The van der Waals surface area contributed by atoms with Gasteiger partial charge in [0.2, 0.25) is 6.10 Å². The molecule has 8 heteroatoms. The van der Waals surface area contributed by atoms with Crippen LogP contribution in [-0.4, -0.2) is 50.5 Å². The molecule has 1 N–H and O–H groups in total. The van der Waals surface area contributed by atoms with Crippen LogP contribution in [0.2, 0.25) is 0 Å². The number of oxime groups is 1. The van der Waals surface area contributed by atoms with E-state index >= 15 is 0 Å². The smallest absolute Gasteiger partial charge is 0.353 e. The Balaban J connectivity index is 1.92. The summed E-state index contributed by atoms with van der Waals surface area (Å²) in [5.74, 6) is -1.46. The molecule has 0 radical (unpaired) electrons. The fraction of sp³-hybridized carbons (Fsp3) is 0.455. The maximum atomic E-state index is 12.0. The van der Waals surface area contributed by atoms with E-state index in [-0.39, 0.29) is 18.0 Å². The van der Waals surface area contributed by atoms with Crippen molar-refractivity contribution in [3.05, 3.63) is 18.0 Å². The number of carbonyl (C=O) groups is 2. The highest BCUT2D eigenvalue weighted by Crippen LogP contribution is 2.14. The third-order valence-electron chi connectivity index (χ3n) is 2.75. The molecule has 1 aromatic heterocycles. The molecule has 0 aromatic carbocycles. The van der Waals surface area contributed by atoms with Gasteiger partial charge < -0.3 is 14.8 Å². The van der Waals surface area contributed by atoms with E-state index in [0.29, 0.717) is 6.54 Å². The molecule has 0 fully saturated rings. The van der Waals surface area contributed by atoms with Crippen molar-refractivity contribution in [2.75, 3.05) is 7.05 Å². The van der Waals surface area contributed by atoms with Crippen molar-refractivity contribution >= 4 is 17.6 Å². The molecular formula is C11H14N4O4. The summed E-state index contributed by atoms with van der Waals surface area (Å²) in [5, 5.41) is 16.1. The second kappa shape index (κ2) is 5.09. The minimum Gasteiger partial charge on any atom is -0.477 e. The molecule has 1 atom stereocenters. The van der Waals surface area contributed by atoms with Crippen LogP contribution in [0.25, 0.3) is 0 Å². The number of carboxylic acid groups (broad SMARTS) is 1. The minimum atomic E-state index is -1.16. The fourth-order valence-electron chi connectivity index (χ4n) is 1.79. The van der Waals surface area contributed by atoms with Crippen LogP contribution >= 0.6 is 0 Å². The standard InChI is InChI=1S/C11H14N4O4/c1-14(5-7-4-12-15(2)6-7)10(16)9-3-8(11(17)18)13-19-9/h4,6,9H,3,5H2,1-2H3,(H,17,18). The maximum Gasteiger partial charge on any atom is 0.353 e. The number of carbonyl (C=O) groups excluding carboxylic acids is 1. The van der Waals surface area contributed by atoms with Gasteiger partial charge in [0.15, 0.2) is 5.71 Å². The van der Waals surface area contributed by atoms with Crippen LogP contribution in [0.5, 0.6) is 0 Å². The summed E-state index contributed by atoms with van der Waals surface area (Å²) in [4.78, 5) is 29.0. The largest absolute Gasteiger partial charge is 0.477 e. The predicted octanol–water partition coefficient (Wildman–Crippen LogP) is -0.392. The van der Waals surface area contributed by atoms with Crippen LogP contribution in [0.4, 0.5) is 0 Å². The lowest BCUT2D eigenvalue weighted by Gasteiger charge is -2.18. The van der Waals surface area contributed by atoms with Crippen molar-refractivity contribution in [3.8, 4) is 0 Å². The van der Waals surface area contributed by atoms with E-state index in [2.05, 4.69) is 10.3 Å². The molecule has 0 aliphatic carbocycles. The number of aryl methyl sites for hydroxylation is 1. The first kappa shape index (κ1) is 13.1. The molecule has 102 valence electrons. The molecule has 2 heterocycles. The second-order valence-corrected chi connectivity index (χ2v) is 4.36. The number of hydrogen-bond donors (Lipinski definition) is 1. The van der Waals surface area contributed by atoms with Gasteiger partial charge in [-0.15, -0.1) is 0 Å². The van der Waals surface area contributed by atoms with Crippen LogP contribution in [0.3, 0.4) is 0 Å². The van der Waals surface area contributed by atoms with Crippen LogP contribution in [-0.2, 0) is 28.0 Å². The molecule has 1 amide bonds. The van der Waals surface area contributed by atoms with Crippen LogP contribution in [0, 0.1) is 0 Å². The number of hydrogen-bond acceptors (Lipinski definition) is 5. The highest BCUT2D eigenvalue weighted by molar-refractivity contribution is 6.36.